The molecule has 0 radical (unpaired) electrons. The molecule has 0 heterocycles. The molecular formula is C28H42O6. The van der Waals surface area contributed by atoms with E-state index >= 15 is 0 Å². The topological polar surface area (TPSA) is 101 Å². The number of ketones is 1. The van der Waals surface area contributed by atoms with E-state index in [1.807, 2.05) is 19.9 Å². The monoisotopic (exact) mass is 474 g/mol. The van der Waals surface area contributed by atoms with Crippen molar-refractivity contribution >= 4 is 17.7 Å². The Kier molecular flexibility index (Phi) is 6.54. The minimum absolute atomic E-state index is 0.0446. The summed E-state index contributed by atoms with van der Waals surface area (Å²) in [5.41, 5.74) is -0.451. The van der Waals surface area contributed by atoms with Crippen LogP contribution in [0, 0.1) is 40.4 Å². The standard InChI is InChI=1S/C28H42O6/c1-6-18-21-15-17(29)7-11-26(21,4)19-8-12-27(5)20(9-13-28(27,33)14-10-22(30)31)24(19)23(18)25(32)34-16(2)3/h15-16,18-20,23-24,33H,6-14H2,1-5H3,(H,30,31)/t18-,19-,20-,23-,24+,26+,27-,28+/m0/s1. The lowest BCUT2D eigenvalue weighted by Gasteiger charge is -2.62. The maximum Gasteiger partial charge on any atom is 0.310 e. The fraction of sp³-hybridized carbons (Fsp3) is 0.821. The predicted molar refractivity (Wildman–Crippen MR) is 128 cm³/mol. The van der Waals surface area contributed by atoms with Crippen LogP contribution in [0.3, 0.4) is 0 Å². The Balaban J connectivity index is 1.81. The van der Waals surface area contributed by atoms with E-state index in [0.717, 1.165) is 37.7 Å². The largest absolute Gasteiger partial charge is 0.481 e. The number of carbonyl (C=O) groups is 3. The smallest absolute Gasteiger partial charge is 0.310 e. The Morgan fingerprint density at radius 3 is 2.44 bits per heavy atom. The van der Waals surface area contributed by atoms with Gasteiger partial charge in [-0.05, 0) is 99.4 Å². The molecule has 3 saturated carbocycles. The van der Waals surface area contributed by atoms with Crippen molar-refractivity contribution in [1.82, 2.24) is 0 Å². The minimum Gasteiger partial charge on any atom is -0.481 e. The summed E-state index contributed by atoms with van der Waals surface area (Å²) in [5.74, 6) is -0.854. The van der Waals surface area contributed by atoms with Crippen molar-refractivity contribution in [3.8, 4) is 0 Å². The molecule has 0 bridgehead atoms. The maximum atomic E-state index is 13.7. The van der Waals surface area contributed by atoms with Gasteiger partial charge in [-0.2, -0.15) is 0 Å². The Bertz CT molecular complexity index is 891. The zero-order chi connectivity index (χ0) is 25.1. The van der Waals surface area contributed by atoms with Crippen molar-refractivity contribution in [3.05, 3.63) is 11.6 Å². The van der Waals surface area contributed by atoms with E-state index in [-0.39, 0.29) is 65.7 Å². The first kappa shape index (κ1) is 25.4. The van der Waals surface area contributed by atoms with Crippen LogP contribution in [-0.4, -0.2) is 39.6 Å². The van der Waals surface area contributed by atoms with E-state index < -0.39 is 17.0 Å². The van der Waals surface area contributed by atoms with E-state index in [9.17, 15) is 24.6 Å². The number of rotatable bonds is 6. The summed E-state index contributed by atoms with van der Waals surface area (Å²) in [4.78, 5) is 37.5. The van der Waals surface area contributed by atoms with Gasteiger partial charge in [0, 0.05) is 12.8 Å². The molecule has 190 valence electrons. The average molecular weight is 475 g/mol. The number of aliphatic hydroxyl groups is 1. The van der Waals surface area contributed by atoms with Crippen molar-refractivity contribution in [2.45, 2.75) is 104 Å². The van der Waals surface area contributed by atoms with Gasteiger partial charge in [0.1, 0.15) is 0 Å². The number of fused-ring (bicyclic) bond motifs is 5. The van der Waals surface area contributed by atoms with Crippen LogP contribution in [0.2, 0.25) is 0 Å². The van der Waals surface area contributed by atoms with Gasteiger partial charge in [-0.25, -0.2) is 0 Å². The number of allylic oxidation sites excluding steroid dienone is 1. The van der Waals surface area contributed by atoms with E-state index in [0.29, 0.717) is 12.8 Å². The van der Waals surface area contributed by atoms with Crippen LogP contribution in [-0.2, 0) is 19.1 Å². The molecule has 4 aliphatic carbocycles. The van der Waals surface area contributed by atoms with Crippen molar-refractivity contribution in [3.63, 3.8) is 0 Å². The van der Waals surface area contributed by atoms with Crippen LogP contribution >= 0.6 is 0 Å². The molecule has 6 nitrogen and oxygen atoms in total. The highest BCUT2D eigenvalue weighted by Crippen LogP contribution is 2.70. The highest BCUT2D eigenvalue weighted by Gasteiger charge is 2.67. The molecule has 0 aromatic rings. The predicted octanol–water partition coefficient (Wildman–Crippen LogP) is 4.93. The third-order valence-electron chi connectivity index (χ3n) is 10.4. The van der Waals surface area contributed by atoms with Gasteiger partial charge in [-0.1, -0.05) is 26.3 Å². The van der Waals surface area contributed by atoms with Crippen molar-refractivity contribution in [2.75, 3.05) is 0 Å². The molecule has 0 aromatic carbocycles. The number of esters is 1. The third-order valence-corrected chi connectivity index (χ3v) is 10.4. The fourth-order valence-corrected chi connectivity index (χ4v) is 8.71. The van der Waals surface area contributed by atoms with Crippen LogP contribution in [0.4, 0.5) is 0 Å². The molecule has 0 saturated heterocycles. The van der Waals surface area contributed by atoms with Gasteiger partial charge in [0.15, 0.2) is 5.78 Å². The lowest BCUT2D eigenvalue weighted by molar-refractivity contribution is -0.179. The van der Waals surface area contributed by atoms with E-state index in [1.165, 1.54) is 0 Å². The summed E-state index contributed by atoms with van der Waals surface area (Å²) in [6.45, 7) is 10.3. The molecule has 8 atom stereocenters. The van der Waals surface area contributed by atoms with E-state index in [1.54, 1.807) is 0 Å². The number of carboxylic acids is 1. The lowest BCUT2D eigenvalue weighted by atomic mass is 9.41. The summed E-state index contributed by atoms with van der Waals surface area (Å²) in [6.07, 6.45) is 7.01. The van der Waals surface area contributed by atoms with Crippen molar-refractivity contribution < 1.29 is 29.3 Å². The maximum absolute atomic E-state index is 13.7. The van der Waals surface area contributed by atoms with E-state index in [2.05, 4.69) is 20.8 Å². The first-order valence-corrected chi connectivity index (χ1v) is 13.3. The summed E-state index contributed by atoms with van der Waals surface area (Å²) in [6, 6.07) is 0. The van der Waals surface area contributed by atoms with Gasteiger partial charge in [0.25, 0.3) is 0 Å². The molecule has 34 heavy (non-hydrogen) atoms. The van der Waals surface area contributed by atoms with Gasteiger partial charge in [-0.15, -0.1) is 0 Å². The minimum atomic E-state index is -1.03. The Morgan fingerprint density at radius 1 is 1.15 bits per heavy atom. The number of aliphatic carboxylic acids is 1. The molecule has 3 fully saturated rings. The molecule has 0 aromatic heterocycles. The third kappa shape index (κ3) is 3.75. The van der Waals surface area contributed by atoms with Crippen LogP contribution in [0.5, 0.6) is 0 Å². The molecule has 0 spiro atoms. The molecule has 2 N–H and O–H groups in total. The number of carboxylic acid groups (broad SMARTS) is 1. The zero-order valence-electron chi connectivity index (χ0n) is 21.4. The Morgan fingerprint density at radius 2 is 1.82 bits per heavy atom. The number of ether oxygens (including phenoxy) is 1. The SMILES string of the molecule is CC[C@H]1C2=CC(=O)CC[C@]2(C)[C@H]2CC[C@@]3(C)[C@@H](CC[C@@]3(O)CCC(=O)O)[C@@H]2[C@H]1C(=O)OC(C)C. The summed E-state index contributed by atoms with van der Waals surface area (Å²) < 4.78 is 5.83. The summed E-state index contributed by atoms with van der Waals surface area (Å²) in [5, 5.41) is 21.1. The molecular weight excluding hydrogens is 432 g/mol. The molecule has 0 unspecified atom stereocenters. The molecule has 0 amide bonds. The highest BCUT2D eigenvalue weighted by atomic mass is 16.5. The molecule has 0 aliphatic heterocycles. The number of hydrogen-bond acceptors (Lipinski definition) is 5. The number of hydrogen-bond donors (Lipinski definition) is 2. The van der Waals surface area contributed by atoms with E-state index in [4.69, 9.17) is 4.74 Å². The average Bonchev–Trinajstić information content (AvgIpc) is 3.02. The lowest BCUT2D eigenvalue weighted by Crippen LogP contribution is -2.60. The molecule has 4 rings (SSSR count). The van der Waals surface area contributed by atoms with Gasteiger partial charge >= 0.3 is 11.9 Å². The van der Waals surface area contributed by atoms with Crippen LogP contribution in [0.15, 0.2) is 11.6 Å². The van der Waals surface area contributed by atoms with Crippen LogP contribution < -0.4 is 0 Å². The van der Waals surface area contributed by atoms with Gasteiger partial charge in [0.2, 0.25) is 0 Å². The highest BCUT2D eigenvalue weighted by molar-refractivity contribution is 5.92. The quantitative estimate of drug-likeness (QED) is 0.530. The Labute approximate surface area is 203 Å². The first-order chi connectivity index (χ1) is 15.9. The van der Waals surface area contributed by atoms with Gasteiger partial charge in [0.05, 0.1) is 17.6 Å². The second-order valence-corrected chi connectivity index (χ2v) is 12.2. The Hall–Kier alpha value is -1.69. The second kappa shape index (κ2) is 8.76. The summed E-state index contributed by atoms with van der Waals surface area (Å²) >= 11 is 0. The van der Waals surface area contributed by atoms with Crippen molar-refractivity contribution in [1.29, 1.82) is 0 Å². The van der Waals surface area contributed by atoms with Gasteiger partial charge in [-0.3, -0.25) is 14.4 Å². The summed E-state index contributed by atoms with van der Waals surface area (Å²) in [7, 11) is 0. The molecule has 6 heteroatoms. The number of carbonyl (C=O) groups excluding carboxylic acids is 2. The second-order valence-electron chi connectivity index (χ2n) is 12.2. The van der Waals surface area contributed by atoms with Gasteiger partial charge < -0.3 is 14.9 Å². The fourth-order valence-electron chi connectivity index (χ4n) is 8.71. The first-order valence-electron chi connectivity index (χ1n) is 13.3. The van der Waals surface area contributed by atoms with Crippen molar-refractivity contribution in [2.24, 2.45) is 40.4 Å². The van der Waals surface area contributed by atoms with Crippen LogP contribution in [0.1, 0.15) is 92.4 Å². The normalized spacial score (nSPS) is 43.6. The molecule has 4 aliphatic rings. The zero-order valence-corrected chi connectivity index (χ0v) is 21.4. The van der Waals surface area contributed by atoms with Crippen LogP contribution in [0.25, 0.3) is 0 Å².